The van der Waals surface area contributed by atoms with Gasteiger partial charge < -0.3 is 9.15 Å². The fraction of sp³-hybridized carbons (Fsp3) is 0.579. The van der Waals surface area contributed by atoms with Crippen LogP contribution < -0.4 is 0 Å². The summed E-state index contributed by atoms with van der Waals surface area (Å²) in [6.45, 7) is 4.16. The van der Waals surface area contributed by atoms with Crippen molar-refractivity contribution in [1.82, 2.24) is 14.5 Å². The van der Waals surface area contributed by atoms with Crippen LogP contribution in [0.15, 0.2) is 38.8 Å². The van der Waals surface area contributed by atoms with Gasteiger partial charge in [0.05, 0.1) is 11.0 Å². The van der Waals surface area contributed by atoms with Crippen LogP contribution in [-0.2, 0) is 14.8 Å². The molecule has 0 aliphatic carbocycles. The zero-order valence-corrected chi connectivity index (χ0v) is 17.5. The molecule has 2 saturated heterocycles. The van der Waals surface area contributed by atoms with Gasteiger partial charge in [-0.2, -0.15) is 4.31 Å². The highest BCUT2D eigenvalue weighted by Crippen LogP contribution is 2.28. The Hall–Kier alpha value is -1.42. The monoisotopic (exact) mass is 423 g/mol. The number of nitrogens with zero attached hydrogens (tertiary/aromatic N) is 3. The molecule has 2 fully saturated rings. The Bertz CT molecular complexity index is 884. The molecule has 7 nitrogen and oxygen atoms in total. The lowest BCUT2D eigenvalue weighted by Gasteiger charge is -2.29. The Balaban J connectivity index is 1.41. The molecule has 0 N–H and O–H groups in total. The van der Waals surface area contributed by atoms with Gasteiger partial charge in [0, 0.05) is 31.0 Å². The first-order valence-corrected chi connectivity index (χ1v) is 12.1. The molecule has 2 aromatic rings. The molecule has 2 aliphatic rings. The van der Waals surface area contributed by atoms with Gasteiger partial charge in [0.15, 0.2) is 0 Å². The molecule has 1 atom stereocenters. The lowest BCUT2D eigenvalue weighted by Crippen LogP contribution is -2.37. The first-order chi connectivity index (χ1) is 13.5. The van der Waals surface area contributed by atoms with Crippen molar-refractivity contribution in [2.75, 3.05) is 25.4 Å². The lowest BCUT2D eigenvalue weighted by molar-refractivity contribution is 0.128. The standard InChI is InChI=1S/C19H25N3O4S2/c1-14-8-10-22(11-9-14)28(23,24)17-6-4-15(5-7-17)18-20-21-19(26-18)27-13-16-3-2-12-25-16/h4-7,14,16H,2-3,8-13H2,1H3/t16-/m0/s1. The third-order valence-electron chi connectivity index (χ3n) is 5.30. The van der Waals surface area contributed by atoms with Crippen LogP contribution in [0.5, 0.6) is 0 Å². The highest BCUT2D eigenvalue weighted by molar-refractivity contribution is 7.99. The van der Waals surface area contributed by atoms with E-state index in [1.807, 2.05) is 0 Å². The van der Waals surface area contributed by atoms with Crippen LogP contribution >= 0.6 is 11.8 Å². The summed E-state index contributed by atoms with van der Waals surface area (Å²) in [7, 11) is -3.45. The van der Waals surface area contributed by atoms with Crippen LogP contribution in [0.3, 0.4) is 0 Å². The van der Waals surface area contributed by atoms with Crippen LogP contribution in [0.25, 0.3) is 11.5 Å². The summed E-state index contributed by atoms with van der Waals surface area (Å²) in [5.41, 5.74) is 0.711. The number of sulfonamides is 1. The number of piperidine rings is 1. The summed E-state index contributed by atoms with van der Waals surface area (Å²) >= 11 is 1.49. The van der Waals surface area contributed by atoms with E-state index in [1.165, 1.54) is 11.8 Å². The van der Waals surface area contributed by atoms with Crippen LogP contribution in [0.4, 0.5) is 0 Å². The van der Waals surface area contributed by atoms with Crippen LogP contribution in [0, 0.1) is 5.92 Å². The molecule has 0 amide bonds. The van der Waals surface area contributed by atoms with E-state index in [9.17, 15) is 8.42 Å². The van der Waals surface area contributed by atoms with E-state index >= 15 is 0 Å². The molecule has 9 heteroatoms. The van der Waals surface area contributed by atoms with Gasteiger partial charge in [-0.3, -0.25) is 0 Å². The Kier molecular flexibility index (Phi) is 6.05. The summed E-state index contributed by atoms with van der Waals surface area (Å²) in [6, 6.07) is 6.68. The molecule has 2 aliphatic heterocycles. The number of benzene rings is 1. The summed E-state index contributed by atoms with van der Waals surface area (Å²) in [5.74, 6) is 1.78. The van der Waals surface area contributed by atoms with Gasteiger partial charge >= 0.3 is 0 Å². The highest BCUT2D eigenvalue weighted by atomic mass is 32.2. The number of rotatable bonds is 6. The Labute approximate surface area is 169 Å². The normalized spacial score (nSPS) is 22.0. The molecule has 152 valence electrons. The zero-order chi connectivity index (χ0) is 19.6. The maximum absolute atomic E-state index is 12.8. The Morgan fingerprint density at radius 1 is 1.14 bits per heavy atom. The van der Waals surface area contributed by atoms with E-state index in [4.69, 9.17) is 9.15 Å². The van der Waals surface area contributed by atoms with Gasteiger partial charge in [-0.1, -0.05) is 18.7 Å². The number of aromatic nitrogens is 2. The van der Waals surface area contributed by atoms with Crippen molar-refractivity contribution >= 4 is 21.8 Å². The van der Waals surface area contributed by atoms with Gasteiger partial charge in [0.1, 0.15) is 0 Å². The second-order valence-corrected chi connectivity index (χ2v) is 10.3. The molecule has 3 heterocycles. The predicted molar refractivity (Wildman–Crippen MR) is 107 cm³/mol. The molecule has 0 unspecified atom stereocenters. The average Bonchev–Trinajstić information content (AvgIpc) is 3.39. The first kappa shape index (κ1) is 19.9. The van der Waals surface area contributed by atoms with Gasteiger partial charge in [-0.15, -0.1) is 10.2 Å². The van der Waals surface area contributed by atoms with Crippen LogP contribution in [0.1, 0.15) is 32.6 Å². The second-order valence-electron chi connectivity index (χ2n) is 7.43. The van der Waals surface area contributed by atoms with Crippen molar-refractivity contribution in [1.29, 1.82) is 0 Å². The van der Waals surface area contributed by atoms with Crippen molar-refractivity contribution in [3.63, 3.8) is 0 Å². The molecule has 1 aromatic heterocycles. The van der Waals surface area contributed by atoms with E-state index in [2.05, 4.69) is 17.1 Å². The van der Waals surface area contributed by atoms with Crippen molar-refractivity contribution < 1.29 is 17.6 Å². The maximum Gasteiger partial charge on any atom is 0.276 e. The number of ether oxygens (including phenoxy) is 1. The van der Waals surface area contributed by atoms with Crippen molar-refractivity contribution in [3.05, 3.63) is 24.3 Å². The third-order valence-corrected chi connectivity index (χ3v) is 8.17. The SMILES string of the molecule is CC1CCN(S(=O)(=O)c2ccc(-c3nnc(SC[C@@H]4CCCO4)o3)cc2)CC1. The molecular weight excluding hydrogens is 398 g/mol. The number of thioether (sulfide) groups is 1. The van der Waals surface area contributed by atoms with E-state index < -0.39 is 10.0 Å². The smallest absolute Gasteiger partial charge is 0.276 e. The lowest BCUT2D eigenvalue weighted by atomic mass is 10.0. The fourth-order valence-electron chi connectivity index (χ4n) is 3.47. The highest BCUT2D eigenvalue weighted by Gasteiger charge is 2.28. The summed E-state index contributed by atoms with van der Waals surface area (Å²) in [6.07, 6.45) is 4.24. The third kappa shape index (κ3) is 4.42. The average molecular weight is 424 g/mol. The minimum atomic E-state index is -3.45. The second kappa shape index (κ2) is 8.52. The van der Waals surface area contributed by atoms with Crippen molar-refractivity contribution in [2.45, 2.75) is 48.8 Å². The van der Waals surface area contributed by atoms with E-state index in [0.29, 0.717) is 40.6 Å². The minimum Gasteiger partial charge on any atom is -0.411 e. The Morgan fingerprint density at radius 2 is 1.89 bits per heavy atom. The molecule has 0 saturated carbocycles. The van der Waals surface area contributed by atoms with Gasteiger partial charge in [0.25, 0.3) is 5.22 Å². The summed E-state index contributed by atoms with van der Waals surface area (Å²) in [4.78, 5) is 0.304. The molecule has 0 bridgehead atoms. The minimum absolute atomic E-state index is 0.252. The van der Waals surface area contributed by atoms with Crippen molar-refractivity contribution in [3.8, 4) is 11.5 Å². The number of hydrogen-bond acceptors (Lipinski definition) is 7. The molecular formula is C19H25N3O4S2. The molecule has 0 spiro atoms. The Morgan fingerprint density at radius 3 is 2.57 bits per heavy atom. The quantitative estimate of drug-likeness (QED) is 0.658. The van der Waals surface area contributed by atoms with E-state index in [1.54, 1.807) is 28.6 Å². The van der Waals surface area contributed by atoms with Crippen molar-refractivity contribution in [2.24, 2.45) is 5.92 Å². The largest absolute Gasteiger partial charge is 0.411 e. The van der Waals surface area contributed by atoms with Gasteiger partial charge in [0.2, 0.25) is 15.9 Å². The summed E-state index contributed by atoms with van der Waals surface area (Å²) in [5, 5.41) is 8.66. The molecule has 28 heavy (non-hydrogen) atoms. The first-order valence-electron chi connectivity index (χ1n) is 9.71. The topological polar surface area (TPSA) is 85.5 Å². The van der Waals surface area contributed by atoms with E-state index in [0.717, 1.165) is 38.0 Å². The zero-order valence-electron chi connectivity index (χ0n) is 15.9. The van der Waals surface area contributed by atoms with Crippen LogP contribution in [0.2, 0.25) is 0 Å². The predicted octanol–water partition coefficient (Wildman–Crippen LogP) is 3.43. The molecule has 0 radical (unpaired) electrons. The maximum atomic E-state index is 12.8. The van der Waals surface area contributed by atoms with Gasteiger partial charge in [-0.25, -0.2) is 8.42 Å². The van der Waals surface area contributed by atoms with E-state index in [-0.39, 0.29) is 6.10 Å². The fourth-order valence-corrected chi connectivity index (χ4v) is 5.77. The molecule has 4 rings (SSSR count). The van der Waals surface area contributed by atoms with Gasteiger partial charge in [-0.05, 0) is 55.9 Å². The molecule has 1 aromatic carbocycles. The van der Waals surface area contributed by atoms with Crippen LogP contribution in [-0.4, -0.2) is 54.5 Å². The summed E-state index contributed by atoms with van der Waals surface area (Å²) < 4.78 is 38.5. The number of hydrogen-bond donors (Lipinski definition) is 0.